The van der Waals surface area contributed by atoms with E-state index in [0.717, 1.165) is 19.3 Å². The number of anilines is 1. The lowest BCUT2D eigenvalue weighted by molar-refractivity contribution is -0.119. The average Bonchev–Trinajstić information content (AvgIpc) is 2.66. The number of carbonyl (C=O) groups excluding carboxylic acids is 2. The fourth-order valence-corrected chi connectivity index (χ4v) is 4.34. The Morgan fingerprint density at radius 2 is 1.69 bits per heavy atom. The summed E-state index contributed by atoms with van der Waals surface area (Å²) in [6.07, 6.45) is 9.02. The lowest BCUT2D eigenvalue weighted by Crippen LogP contribution is -2.30. The van der Waals surface area contributed by atoms with Gasteiger partial charge in [-0.25, -0.2) is 13.1 Å². The van der Waals surface area contributed by atoms with Crippen molar-refractivity contribution in [1.29, 1.82) is 0 Å². The molecule has 7 nitrogen and oxygen atoms in total. The molecule has 1 heterocycles. The summed E-state index contributed by atoms with van der Waals surface area (Å²) in [5.74, 6) is -0.790. The third-order valence-corrected chi connectivity index (χ3v) is 5.99. The largest absolute Gasteiger partial charge is 0.326 e. The number of carbonyl (C=O) groups is 2. The van der Waals surface area contributed by atoms with Crippen molar-refractivity contribution in [2.75, 3.05) is 5.32 Å². The van der Waals surface area contributed by atoms with Crippen LogP contribution in [-0.4, -0.2) is 25.2 Å². The van der Waals surface area contributed by atoms with Crippen molar-refractivity contribution in [3.63, 3.8) is 0 Å². The predicted octanol–water partition coefficient (Wildman–Crippen LogP) is 4.14. The second kappa shape index (κ2) is 10.9. The van der Waals surface area contributed by atoms with Gasteiger partial charge >= 0.3 is 0 Å². The molecule has 158 valence electrons. The standard InChI is InChI=1S/C21H29N3O4S/c1-3-4-5-6-7-8-9-12-20(26)24-29(27,28)19-14-13-18(23-16(2)25)17-11-10-15-22-21(17)19/h10-11,13-15H,3-9,12H2,1-2H3,(H,23,25)(H,24,26). The van der Waals surface area contributed by atoms with E-state index in [9.17, 15) is 18.0 Å². The monoisotopic (exact) mass is 419 g/mol. The van der Waals surface area contributed by atoms with E-state index in [0.29, 0.717) is 17.5 Å². The minimum absolute atomic E-state index is 0.0879. The molecular weight excluding hydrogens is 390 g/mol. The number of rotatable bonds is 11. The summed E-state index contributed by atoms with van der Waals surface area (Å²) in [4.78, 5) is 27.6. The van der Waals surface area contributed by atoms with Crippen LogP contribution in [0.1, 0.15) is 65.2 Å². The number of sulfonamides is 1. The van der Waals surface area contributed by atoms with Gasteiger partial charge in [-0.1, -0.05) is 45.4 Å². The first-order chi connectivity index (χ1) is 13.8. The van der Waals surface area contributed by atoms with Gasteiger partial charge in [-0.05, 0) is 30.7 Å². The van der Waals surface area contributed by atoms with E-state index < -0.39 is 15.9 Å². The average molecular weight is 420 g/mol. The van der Waals surface area contributed by atoms with Gasteiger partial charge in [0.1, 0.15) is 4.90 Å². The fraction of sp³-hybridized carbons (Fsp3) is 0.476. The Bertz CT molecular complexity index is 958. The molecule has 0 spiro atoms. The van der Waals surface area contributed by atoms with Crippen molar-refractivity contribution in [2.24, 2.45) is 0 Å². The van der Waals surface area contributed by atoms with Crippen LogP contribution in [-0.2, 0) is 19.6 Å². The number of hydrogen-bond acceptors (Lipinski definition) is 5. The van der Waals surface area contributed by atoms with Crippen LogP contribution < -0.4 is 10.0 Å². The summed E-state index contributed by atoms with van der Waals surface area (Å²) in [7, 11) is -4.06. The van der Waals surface area contributed by atoms with Gasteiger partial charge in [0.05, 0.1) is 11.2 Å². The molecule has 0 bridgehead atoms. The van der Waals surface area contributed by atoms with Crippen LogP contribution in [0, 0.1) is 0 Å². The molecule has 0 fully saturated rings. The maximum absolute atomic E-state index is 12.7. The number of benzene rings is 1. The zero-order chi connectivity index (χ0) is 21.3. The van der Waals surface area contributed by atoms with Crippen LogP contribution in [0.2, 0.25) is 0 Å². The summed E-state index contributed by atoms with van der Waals surface area (Å²) < 4.78 is 27.6. The molecule has 2 aromatic rings. The molecule has 0 saturated carbocycles. The SMILES string of the molecule is CCCCCCCCCC(=O)NS(=O)(=O)c1ccc(NC(C)=O)c2cccnc12. The fourth-order valence-electron chi connectivity index (χ4n) is 3.16. The van der Waals surface area contributed by atoms with Crippen LogP contribution in [0.15, 0.2) is 35.4 Å². The third kappa shape index (κ3) is 6.81. The number of fused-ring (bicyclic) bond motifs is 1. The molecule has 2 rings (SSSR count). The highest BCUT2D eigenvalue weighted by molar-refractivity contribution is 7.90. The van der Waals surface area contributed by atoms with E-state index in [2.05, 4.69) is 21.9 Å². The van der Waals surface area contributed by atoms with E-state index in [1.807, 2.05) is 0 Å². The van der Waals surface area contributed by atoms with Gasteiger partial charge in [0, 0.05) is 24.9 Å². The minimum atomic E-state index is -4.06. The first kappa shape index (κ1) is 22.8. The molecule has 0 saturated heterocycles. The van der Waals surface area contributed by atoms with Crippen LogP contribution in [0.3, 0.4) is 0 Å². The maximum Gasteiger partial charge on any atom is 0.266 e. The molecule has 0 radical (unpaired) electrons. The number of aromatic nitrogens is 1. The number of hydrogen-bond donors (Lipinski definition) is 2. The number of nitrogens with one attached hydrogen (secondary N) is 2. The van der Waals surface area contributed by atoms with Crippen molar-refractivity contribution in [3.8, 4) is 0 Å². The van der Waals surface area contributed by atoms with E-state index in [4.69, 9.17) is 0 Å². The number of unbranched alkanes of at least 4 members (excludes halogenated alkanes) is 6. The lowest BCUT2D eigenvalue weighted by atomic mass is 10.1. The van der Waals surface area contributed by atoms with Crippen molar-refractivity contribution in [2.45, 2.75) is 70.1 Å². The predicted molar refractivity (Wildman–Crippen MR) is 114 cm³/mol. The van der Waals surface area contributed by atoms with Gasteiger partial charge in [0.15, 0.2) is 0 Å². The topological polar surface area (TPSA) is 105 Å². The molecule has 1 aromatic carbocycles. The maximum atomic E-state index is 12.7. The number of pyridine rings is 1. The van der Waals surface area contributed by atoms with Crippen LogP contribution >= 0.6 is 0 Å². The van der Waals surface area contributed by atoms with Crippen LogP contribution in [0.4, 0.5) is 5.69 Å². The summed E-state index contributed by atoms with van der Waals surface area (Å²) >= 11 is 0. The quantitative estimate of drug-likeness (QED) is 0.533. The Balaban J connectivity index is 2.04. The Hall–Kier alpha value is -2.48. The van der Waals surface area contributed by atoms with Crippen LogP contribution in [0.5, 0.6) is 0 Å². The van der Waals surface area contributed by atoms with Crippen molar-refractivity contribution in [1.82, 2.24) is 9.71 Å². The van der Waals surface area contributed by atoms with Gasteiger partial charge in [0.2, 0.25) is 11.8 Å². The first-order valence-electron chi connectivity index (χ1n) is 10.1. The molecule has 0 atom stereocenters. The van der Waals surface area contributed by atoms with E-state index in [1.165, 1.54) is 44.5 Å². The van der Waals surface area contributed by atoms with Gasteiger partial charge in [-0.15, -0.1) is 0 Å². The van der Waals surface area contributed by atoms with E-state index in [1.54, 1.807) is 12.1 Å². The third-order valence-electron chi connectivity index (χ3n) is 4.59. The zero-order valence-corrected chi connectivity index (χ0v) is 17.8. The highest BCUT2D eigenvalue weighted by Crippen LogP contribution is 2.28. The van der Waals surface area contributed by atoms with E-state index >= 15 is 0 Å². The minimum Gasteiger partial charge on any atom is -0.326 e. The van der Waals surface area contributed by atoms with Gasteiger partial charge < -0.3 is 5.32 Å². The zero-order valence-electron chi connectivity index (χ0n) is 17.0. The van der Waals surface area contributed by atoms with Gasteiger partial charge in [0.25, 0.3) is 10.0 Å². The Kier molecular flexibility index (Phi) is 8.57. The molecular formula is C21H29N3O4S. The van der Waals surface area contributed by atoms with Gasteiger partial charge in [-0.2, -0.15) is 0 Å². The first-order valence-corrected chi connectivity index (χ1v) is 11.5. The molecule has 8 heteroatoms. The summed E-state index contributed by atoms with van der Waals surface area (Å²) in [6.45, 7) is 3.54. The molecule has 0 aliphatic rings. The molecule has 2 N–H and O–H groups in total. The Labute approximate surface area is 172 Å². The Morgan fingerprint density at radius 1 is 1.00 bits per heavy atom. The number of nitrogens with zero attached hydrogens (tertiary/aromatic N) is 1. The summed E-state index contributed by atoms with van der Waals surface area (Å²) in [6, 6.07) is 6.18. The van der Waals surface area contributed by atoms with E-state index in [-0.39, 0.29) is 22.7 Å². The molecule has 1 aromatic heterocycles. The normalized spacial score (nSPS) is 11.4. The molecule has 0 unspecified atom stereocenters. The Morgan fingerprint density at radius 3 is 2.38 bits per heavy atom. The number of amides is 2. The van der Waals surface area contributed by atoms with Crippen LogP contribution in [0.25, 0.3) is 10.9 Å². The van der Waals surface area contributed by atoms with Crippen molar-refractivity contribution < 1.29 is 18.0 Å². The molecule has 0 aliphatic carbocycles. The highest BCUT2D eigenvalue weighted by Gasteiger charge is 2.22. The van der Waals surface area contributed by atoms with Crippen molar-refractivity contribution >= 4 is 38.4 Å². The summed E-state index contributed by atoms with van der Waals surface area (Å²) in [5.41, 5.74) is 0.670. The second-order valence-electron chi connectivity index (χ2n) is 7.09. The molecule has 0 aliphatic heterocycles. The van der Waals surface area contributed by atoms with Gasteiger partial charge in [-0.3, -0.25) is 14.6 Å². The molecule has 29 heavy (non-hydrogen) atoms. The summed E-state index contributed by atoms with van der Waals surface area (Å²) in [5, 5.41) is 3.15. The molecule has 2 amide bonds. The van der Waals surface area contributed by atoms with Crippen molar-refractivity contribution in [3.05, 3.63) is 30.5 Å². The second-order valence-corrected chi connectivity index (χ2v) is 8.74. The smallest absolute Gasteiger partial charge is 0.266 e. The highest BCUT2D eigenvalue weighted by atomic mass is 32.2. The lowest BCUT2D eigenvalue weighted by Gasteiger charge is -2.12.